The summed E-state index contributed by atoms with van der Waals surface area (Å²) < 4.78 is 28.1. The van der Waals surface area contributed by atoms with E-state index in [9.17, 15) is 18.7 Å². The third-order valence-electron chi connectivity index (χ3n) is 5.26. The zero-order valence-electron chi connectivity index (χ0n) is 16.6. The number of anilines is 2. The number of amides is 1. The van der Waals surface area contributed by atoms with Gasteiger partial charge in [0.15, 0.2) is 0 Å². The molecule has 1 aromatic carbocycles. The van der Waals surface area contributed by atoms with Crippen LogP contribution in [0, 0.1) is 17.6 Å². The quantitative estimate of drug-likeness (QED) is 0.571. The normalized spacial score (nSPS) is 21.2. The van der Waals surface area contributed by atoms with Gasteiger partial charge in [0.2, 0.25) is 0 Å². The van der Waals surface area contributed by atoms with Crippen molar-refractivity contribution in [1.82, 2.24) is 9.97 Å². The van der Waals surface area contributed by atoms with Crippen molar-refractivity contribution in [3.8, 4) is 10.6 Å². The van der Waals surface area contributed by atoms with Crippen LogP contribution in [0.4, 0.5) is 20.2 Å². The van der Waals surface area contributed by atoms with Gasteiger partial charge in [0.1, 0.15) is 22.3 Å². The molecule has 1 aliphatic rings. The van der Waals surface area contributed by atoms with Crippen LogP contribution in [0.5, 0.6) is 0 Å². The van der Waals surface area contributed by atoms with Crippen molar-refractivity contribution in [3.63, 3.8) is 0 Å². The lowest BCUT2D eigenvalue weighted by molar-refractivity contribution is 0.0785. The number of carbonyl (C=O) groups excluding carboxylic acids is 1. The number of hydrogen-bond donors (Lipinski definition) is 3. The highest BCUT2D eigenvalue weighted by Gasteiger charge is 2.32. The molecule has 0 aliphatic carbocycles. The Kier molecular flexibility index (Phi) is 5.94. The average molecular weight is 445 g/mol. The molecule has 3 aromatic rings. The average Bonchev–Trinajstić information content (AvgIpc) is 3.22. The molecule has 0 saturated carbocycles. The van der Waals surface area contributed by atoms with E-state index in [-0.39, 0.29) is 22.2 Å². The minimum absolute atomic E-state index is 0.0385. The maximum atomic E-state index is 14.0. The standard InChI is InChI=1S/C21H21F2N5O2S/c1-11-8-28(9-14(24)19(11)29)17-5-6-25-7-15(17)26-20(30)16-10-31-21(27-16)18-12(22)3-2-4-13(18)23/h2-7,10-11,14,19,29H,8-9,24H2,1H3,(H,26,30). The highest BCUT2D eigenvalue weighted by atomic mass is 32.1. The third-order valence-corrected chi connectivity index (χ3v) is 6.12. The van der Waals surface area contributed by atoms with Gasteiger partial charge < -0.3 is 21.1 Å². The Morgan fingerprint density at radius 3 is 2.74 bits per heavy atom. The highest BCUT2D eigenvalue weighted by molar-refractivity contribution is 7.13. The molecule has 0 spiro atoms. The van der Waals surface area contributed by atoms with Crippen LogP contribution in [-0.2, 0) is 0 Å². The Morgan fingerprint density at radius 2 is 2.03 bits per heavy atom. The fourth-order valence-electron chi connectivity index (χ4n) is 3.65. The zero-order chi connectivity index (χ0) is 22.1. The Balaban J connectivity index is 1.56. The van der Waals surface area contributed by atoms with Gasteiger partial charge in [-0.1, -0.05) is 13.0 Å². The first-order valence-corrected chi connectivity index (χ1v) is 10.6. The maximum Gasteiger partial charge on any atom is 0.275 e. The van der Waals surface area contributed by atoms with E-state index < -0.39 is 29.7 Å². The number of nitrogens with two attached hydrogens (primary N) is 1. The summed E-state index contributed by atoms with van der Waals surface area (Å²) in [6, 6.07) is 4.89. The number of thiazole rings is 1. The molecule has 1 amide bonds. The Labute approximate surface area is 181 Å². The van der Waals surface area contributed by atoms with Gasteiger partial charge in [0.05, 0.1) is 29.2 Å². The lowest BCUT2D eigenvalue weighted by Gasteiger charge is -2.40. The first-order valence-electron chi connectivity index (χ1n) is 9.69. The number of aromatic nitrogens is 2. The van der Waals surface area contributed by atoms with Crippen LogP contribution >= 0.6 is 11.3 Å². The largest absolute Gasteiger partial charge is 0.391 e. The molecule has 7 nitrogen and oxygen atoms in total. The van der Waals surface area contributed by atoms with Crippen LogP contribution in [0.3, 0.4) is 0 Å². The number of rotatable bonds is 4. The summed E-state index contributed by atoms with van der Waals surface area (Å²) in [6.45, 7) is 2.90. The Morgan fingerprint density at radius 1 is 1.29 bits per heavy atom. The van der Waals surface area contributed by atoms with E-state index in [0.29, 0.717) is 24.5 Å². The van der Waals surface area contributed by atoms with Crippen molar-refractivity contribution < 1.29 is 18.7 Å². The van der Waals surface area contributed by atoms with Crippen molar-refractivity contribution in [2.75, 3.05) is 23.3 Å². The number of aliphatic hydroxyl groups is 1. The molecular formula is C21H21F2N5O2S. The number of carbonyl (C=O) groups is 1. The van der Waals surface area contributed by atoms with Crippen molar-refractivity contribution in [3.05, 3.63) is 59.4 Å². The number of halogens is 2. The van der Waals surface area contributed by atoms with Crippen LogP contribution in [-0.4, -0.2) is 46.2 Å². The molecule has 1 aliphatic heterocycles. The predicted octanol–water partition coefficient (Wildman–Crippen LogP) is 2.88. The first kappa shape index (κ1) is 21.3. The number of hydrogen-bond acceptors (Lipinski definition) is 7. The monoisotopic (exact) mass is 445 g/mol. The molecule has 0 bridgehead atoms. The van der Waals surface area contributed by atoms with Crippen molar-refractivity contribution in [2.45, 2.75) is 19.1 Å². The maximum absolute atomic E-state index is 14.0. The topological polar surface area (TPSA) is 104 Å². The zero-order valence-corrected chi connectivity index (χ0v) is 17.4. The Hall–Kier alpha value is -2.95. The van der Waals surface area contributed by atoms with Gasteiger partial charge in [-0.3, -0.25) is 9.78 Å². The molecule has 10 heteroatoms. The summed E-state index contributed by atoms with van der Waals surface area (Å²) in [4.78, 5) is 23.0. The molecule has 4 N–H and O–H groups in total. The Bertz CT molecular complexity index is 1080. The fourth-order valence-corrected chi connectivity index (χ4v) is 4.50. The summed E-state index contributed by atoms with van der Waals surface area (Å²) in [5, 5.41) is 14.4. The number of nitrogens with one attached hydrogen (secondary N) is 1. The fraction of sp³-hybridized carbons (Fsp3) is 0.286. The van der Waals surface area contributed by atoms with Gasteiger partial charge in [-0.2, -0.15) is 0 Å². The molecule has 162 valence electrons. The van der Waals surface area contributed by atoms with Gasteiger partial charge in [-0.25, -0.2) is 13.8 Å². The minimum atomic E-state index is -0.742. The smallest absolute Gasteiger partial charge is 0.275 e. The third kappa shape index (κ3) is 4.27. The van der Waals surface area contributed by atoms with E-state index in [1.54, 1.807) is 12.3 Å². The molecule has 4 rings (SSSR count). The van der Waals surface area contributed by atoms with E-state index in [1.165, 1.54) is 17.6 Å². The van der Waals surface area contributed by atoms with Crippen molar-refractivity contribution in [2.24, 2.45) is 11.7 Å². The molecule has 0 radical (unpaired) electrons. The number of piperidine rings is 1. The van der Waals surface area contributed by atoms with Crippen LogP contribution < -0.4 is 16.0 Å². The van der Waals surface area contributed by atoms with Gasteiger partial charge in [0, 0.05) is 36.6 Å². The molecule has 3 atom stereocenters. The summed E-state index contributed by atoms with van der Waals surface area (Å²) in [6.07, 6.45) is 2.52. The van der Waals surface area contributed by atoms with Crippen LogP contribution in [0.1, 0.15) is 17.4 Å². The first-order chi connectivity index (χ1) is 14.8. The molecule has 31 heavy (non-hydrogen) atoms. The summed E-state index contributed by atoms with van der Waals surface area (Å²) >= 11 is 0.981. The predicted molar refractivity (Wildman–Crippen MR) is 115 cm³/mol. The van der Waals surface area contributed by atoms with Gasteiger partial charge in [-0.15, -0.1) is 11.3 Å². The molecule has 1 fully saturated rings. The van der Waals surface area contributed by atoms with Crippen molar-refractivity contribution >= 4 is 28.6 Å². The van der Waals surface area contributed by atoms with Gasteiger partial charge in [0.25, 0.3) is 5.91 Å². The van der Waals surface area contributed by atoms with Gasteiger partial charge in [-0.05, 0) is 18.2 Å². The lowest BCUT2D eigenvalue weighted by Crippen LogP contribution is -2.55. The van der Waals surface area contributed by atoms with E-state index in [4.69, 9.17) is 5.73 Å². The van der Waals surface area contributed by atoms with Crippen molar-refractivity contribution in [1.29, 1.82) is 0 Å². The molecule has 3 heterocycles. The minimum Gasteiger partial charge on any atom is -0.391 e. The molecular weight excluding hydrogens is 424 g/mol. The second kappa shape index (κ2) is 8.66. The van der Waals surface area contributed by atoms with E-state index in [0.717, 1.165) is 23.5 Å². The van der Waals surface area contributed by atoms with E-state index in [1.807, 2.05) is 11.8 Å². The molecule has 2 aromatic heterocycles. The molecule has 1 saturated heterocycles. The van der Waals surface area contributed by atoms with Crippen LogP contribution in [0.25, 0.3) is 10.6 Å². The number of nitrogens with zero attached hydrogens (tertiary/aromatic N) is 3. The summed E-state index contributed by atoms with van der Waals surface area (Å²) in [5.74, 6) is -2.05. The van der Waals surface area contributed by atoms with Crippen LogP contribution in [0.15, 0.2) is 42.0 Å². The second-order valence-corrected chi connectivity index (χ2v) is 8.38. The summed E-state index contributed by atoms with van der Waals surface area (Å²) in [7, 11) is 0. The summed E-state index contributed by atoms with van der Waals surface area (Å²) in [5.41, 5.74) is 7.00. The highest BCUT2D eigenvalue weighted by Crippen LogP contribution is 2.31. The second-order valence-electron chi connectivity index (χ2n) is 7.52. The van der Waals surface area contributed by atoms with Gasteiger partial charge >= 0.3 is 0 Å². The van der Waals surface area contributed by atoms with E-state index >= 15 is 0 Å². The SMILES string of the molecule is CC1CN(c2ccncc2NC(=O)c2csc(-c3c(F)cccc3F)n2)CC(N)C1O. The van der Waals surface area contributed by atoms with Crippen LogP contribution in [0.2, 0.25) is 0 Å². The number of pyridine rings is 1. The molecule has 3 unspecified atom stereocenters. The number of aliphatic hydroxyl groups excluding tert-OH is 1. The van der Waals surface area contributed by atoms with E-state index in [2.05, 4.69) is 15.3 Å². The lowest BCUT2D eigenvalue weighted by atomic mass is 9.92. The number of benzene rings is 1.